The van der Waals surface area contributed by atoms with Crippen molar-refractivity contribution in [2.45, 2.75) is 25.7 Å². The molecule has 11 heteroatoms. The second kappa shape index (κ2) is 8.12. The van der Waals surface area contributed by atoms with Gasteiger partial charge in [-0.25, -0.2) is 13.4 Å². The normalized spacial score (nSPS) is 11.6. The van der Waals surface area contributed by atoms with Gasteiger partial charge in [-0.1, -0.05) is 11.6 Å². The molecular formula is C21H18ClN5O3S2. The van der Waals surface area contributed by atoms with E-state index in [4.69, 9.17) is 17.3 Å². The van der Waals surface area contributed by atoms with Crippen molar-refractivity contribution < 1.29 is 13.2 Å². The lowest BCUT2D eigenvalue weighted by atomic mass is 10.0. The van der Waals surface area contributed by atoms with Crippen LogP contribution in [0.4, 0.5) is 11.5 Å². The SMILES string of the molecule is Cc1nc2sc(C(=O)c3ccc(S(=O)(=O)Nc4ccc(Cl)nn4)cc3)c(N)c2c(C)c1C. The van der Waals surface area contributed by atoms with Crippen LogP contribution in [0, 0.1) is 20.8 Å². The number of pyridine rings is 1. The first-order valence-corrected chi connectivity index (χ1v) is 12.1. The number of hydrogen-bond acceptors (Lipinski definition) is 8. The van der Waals surface area contributed by atoms with Crippen LogP contribution in [0.2, 0.25) is 5.15 Å². The van der Waals surface area contributed by atoms with E-state index < -0.39 is 10.0 Å². The summed E-state index contributed by atoms with van der Waals surface area (Å²) in [5.74, 6) is -0.262. The van der Waals surface area contributed by atoms with Crippen molar-refractivity contribution in [2.24, 2.45) is 0 Å². The number of carbonyl (C=O) groups is 1. The largest absolute Gasteiger partial charge is 0.397 e. The lowest BCUT2D eigenvalue weighted by molar-refractivity contribution is 0.104. The number of fused-ring (bicyclic) bond motifs is 1. The molecule has 0 radical (unpaired) electrons. The maximum Gasteiger partial charge on any atom is 0.263 e. The van der Waals surface area contributed by atoms with Gasteiger partial charge in [0.2, 0.25) is 5.78 Å². The van der Waals surface area contributed by atoms with Crippen molar-refractivity contribution in [3.05, 3.63) is 68.8 Å². The van der Waals surface area contributed by atoms with Crippen LogP contribution in [0.25, 0.3) is 10.2 Å². The highest BCUT2D eigenvalue weighted by Crippen LogP contribution is 2.37. The van der Waals surface area contributed by atoms with Crippen LogP contribution >= 0.6 is 22.9 Å². The third-order valence-corrected chi connectivity index (χ3v) is 7.85. The summed E-state index contributed by atoms with van der Waals surface area (Å²) in [6.07, 6.45) is 0. The number of aryl methyl sites for hydroxylation is 2. The number of benzene rings is 1. The molecule has 4 aromatic rings. The number of anilines is 2. The number of ketones is 1. The molecule has 0 fully saturated rings. The highest BCUT2D eigenvalue weighted by molar-refractivity contribution is 7.92. The molecule has 0 saturated heterocycles. The standard InChI is InChI=1S/C21H18ClN5O3S2/c1-10-11(2)17-18(23)20(31-21(17)24-12(10)3)19(28)13-4-6-14(7-5-13)32(29,30)27-16-9-8-15(22)25-26-16/h4-9H,23H2,1-3H3,(H,26,27). The summed E-state index contributed by atoms with van der Waals surface area (Å²) < 4.78 is 27.5. The topological polar surface area (TPSA) is 128 Å². The van der Waals surface area contributed by atoms with Crippen molar-refractivity contribution in [1.82, 2.24) is 15.2 Å². The average Bonchev–Trinajstić information content (AvgIpc) is 3.09. The van der Waals surface area contributed by atoms with E-state index in [1.165, 1.54) is 47.7 Å². The highest BCUT2D eigenvalue weighted by atomic mass is 35.5. The molecule has 0 aliphatic heterocycles. The molecule has 32 heavy (non-hydrogen) atoms. The lowest BCUT2D eigenvalue weighted by Crippen LogP contribution is -2.14. The first kappa shape index (κ1) is 22.1. The maximum atomic E-state index is 13.1. The minimum atomic E-state index is -3.92. The van der Waals surface area contributed by atoms with Gasteiger partial charge < -0.3 is 5.73 Å². The molecule has 3 aromatic heterocycles. The van der Waals surface area contributed by atoms with Gasteiger partial charge in [-0.2, -0.15) is 0 Å². The summed E-state index contributed by atoms with van der Waals surface area (Å²) in [6.45, 7) is 5.85. The van der Waals surface area contributed by atoms with Crippen molar-refractivity contribution >= 4 is 60.5 Å². The van der Waals surface area contributed by atoms with Gasteiger partial charge in [0.15, 0.2) is 11.0 Å². The van der Waals surface area contributed by atoms with Gasteiger partial charge in [-0.05, 0) is 68.3 Å². The number of hydrogen-bond donors (Lipinski definition) is 2. The molecule has 8 nitrogen and oxygen atoms in total. The van der Waals surface area contributed by atoms with Gasteiger partial charge in [0.1, 0.15) is 9.71 Å². The van der Waals surface area contributed by atoms with Crippen molar-refractivity contribution in [3.8, 4) is 0 Å². The minimum absolute atomic E-state index is 0.0288. The molecule has 3 heterocycles. The summed E-state index contributed by atoms with van der Waals surface area (Å²) in [7, 11) is -3.92. The number of nitrogen functional groups attached to an aromatic ring is 1. The van der Waals surface area contributed by atoms with E-state index in [-0.39, 0.29) is 21.6 Å². The number of rotatable bonds is 5. The number of halogens is 1. The van der Waals surface area contributed by atoms with E-state index in [0.29, 0.717) is 21.0 Å². The fourth-order valence-electron chi connectivity index (χ4n) is 3.22. The van der Waals surface area contributed by atoms with Crippen LogP contribution in [-0.2, 0) is 10.0 Å². The maximum absolute atomic E-state index is 13.1. The molecule has 164 valence electrons. The molecule has 0 saturated carbocycles. The average molecular weight is 488 g/mol. The molecule has 0 amide bonds. The third-order valence-electron chi connectivity index (χ3n) is 5.18. The minimum Gasteiger partial charge on any atom is -0.397 e. The Labute approximate surface area is 193 Å². The molecule has 0 unspecified atom stereocenters. The first-order valence-electron chi connectivity index (χ1n) is 9.41. The van der Waals surface area contributed by atoms with Crippen molar-refractivity contribution in [2.75, 3.05) is 10.5 Å². The van der Waals surface area contributed by atoms with Crippen LogP contribution in [0.15, 0.2) is 41.3 Å². The number of nitrogens with one attached hydrogen (secondary N) is 1. The van der Waals surface area contributed by atoms with Gasteiger partial charge in [0, 0.05) is 16.6 Å². The Morgan fingerprint density at radius 1 is 1.03 bits per heavy atom. The zero-order valence-electron chi connectivity index (χ0n) is 17.3. The number of nitrogens with two attached hydrogens (primary N) is 1. The van der Waals surface area contributed by atoms with Crippen LogP contribution < -0.4 is 10.5 Å². The summed E-state index contributed by atoms with van der Waals surface area (Å²) in [5.41, 5.74) is 9.95. The van der Waals surface area contributed by atoms with E-state index in [1.54, 1.807) is 0 Å². The fraction of sp³-hybridized carbons (Fsp3) is 0.143. The Balaban J connectivity index is 1.64. The van der Waals surface area contributed by atoms with Crippen LogP contribution in [0.3, 0.4) is 0 Å². The second-order valence-corrected chi connectivity index (χ2v) is 10.2. The van der Waals surface area contributed by atoms with Crippen LogP contribution in [0.5, 0.6) is 0 Å². The molecule has 0 aliphatic rings. The Morgan fingerprint density at radius 3 is 2.34 bits per heavy atom. The lowest BCUT2D eigenvalue weighted by Gasteiger charge is -2.08. The molecular weight excluding hydrogens is 470 g/mol. The van der Waals surface area contributed by atoms with E-state index in [0.717, 1.165) is 22.2 Å². The van der Waals surface area contributed by atoms with Gasteiger partial charge in [0.05, 0.1) is 10.6 Å². The molecule has 0 atom stereocenters. The molecule has 0 bridgehead atoms. The molecule has 3 N–H and O–H groups in total. The molecule has 4 rings (SSSR count). The predicted octanol–water partition coefficient (Wildman–Crippen LogP) is 4.28. The summed E-state index contributed by atoms with van der Waals surface area (Å²) in [6, 6.07) is 8.41. The first-order chi connectivity index (χ1) is 15.1. The van der Waals surface area contributed by atoms with Gasteiger partial charge >= 0.3 is 0 Å². The quantitative estimate of drug-likeness (QED) is 0.402. The summed E-state index contributed by atoms with van der Waals surface area (Å²) >= 11 is 6.90. The Kier molecular flexibility index (Phi) is 5.61. The van der Waals surface area contributed by atoms with Gasteiger partial charge in [0.25, 0.3) is 10.0 Å². The highest BCUT2D eigenvalue weighted by Gasteiger charge is 2.22. The van der Waals surface area contributed by atoms with E-state index in [1.807, 2.05) is 20.8 Å². The Hall–Kier alpha value is -3.08. The summed E-state index contributed by atoms with van der Waals surface area (Å²) in [4.78, 5) is 18.7. The third kappa shape index (κ3) is 3.92. The van der Waals surface area contributed by atoms with Crippen LogP contribution in [0.1, 0.15) is 32.1 Å². The van der Waals surface area contributed by atoms with Gasteiger partial charge in [-0.3, -0.25) is 9.52 Å². The fourth-order valence-corrected chi connectivity index (χ4v) is 5.48. The zero-order valence-corrected chi connectivity index (χ0v) is 19.7. The summed E-state index contributed by atoms with van der Waals surface area (Å²) in [5, 5.41) is 8.21. The number of aromatic nitrogens is 3. The zero-order chi connectivity index (χ0) is 23.2. The monoisotopic (exact) mass is 487 g/mol. The smallest absolute Gasteiger partial charge is 0.263 e. The number of carbonyl (C=O) groups excluding carboxylic acids is 1. The molecule has 1 aromatic carbocycles. The van der Waals surface area contributed by atoms with Crippen LogP contribution in [-0.4, -0.2) is 29.4 Å². The van der Waals surface area contributed by atoms with Gasteiger partial charge in [-0.15, -0.1) is 21.5 Å². The Morgan fingerprint density at radius 2 is 1.72 bits per heavy atom. The van der Waals surface area contributed by atoms with E-state index in [9.17, 15) is 13.2 Å². The predicted molar refractivity (Wildman–Crippen MR) is 126 cm³/mol. The molecule has 0 aliphatic carbocycles. The van der Waals surface area contributed by atoms with E-state index in [2.05, 4.69) is 19.9 Å². The second-order valence-electron chi connectivity index (χ2n) is 7.17. The number of nitrogens with zero attached hydrogens (tertiary/aromatic N) is 3. The number of thiophene rings is 1. The van der Waals surface area contributed by atoms with Crippen molar-refractivity contribution in [1.29, 1.82) is 0 Å². The van der Waals surface area contributed by atoms with Crippen molar-refractivity contribution in [3.63, 3.8) is 0 Å². The number of sulfonamides is 1. The van der Waals surface area contributed by atoms with E-state index >= 15 is 0 Å². The molecule has 0 spiro atoms. The Bertz CT molecular complexity index is 1460.